The van der Waals surface area contributed by atoms with Crippen molar-refractivity contribution in [1.82, 2.24) is 15.1 Å². The van der Waals surface area contributed by atoms with E-state index < -0.39 is 0 Å². The van der Waals surface area contributed by atoms with Gasteiger partial charge in [0.05, 0.1) is 6.54 Å². The molecule has 2 saturated heterocycles. The van der Waals surface area contributed by atoms with Crippen LogP contribution in [-0.4, -0.2) is 66.6 Å². The molecule has 2 aliphatic heterocycles. The average Bonchev–Trinajstić information content (AvgIpc) is 2.66. The number of carbonyl (C=O) groups excluding carboxylic acids is 1. The Morgan fingerprint density at radius 2 is 1.71 bits per heavy atom. The smallest absolute Gasteiger partial charge is 0.231 e. The van der Waals surface area contributed by atoms with Crippen LogP contribution in [-0.2, 0) is 4.79 Å². The first-order valence-electron chi connectivity index (χ1n) is 8.55. The van der Waals surface area contributed by atoms with Crippen molar-refractivity contribution in [3.63, 3.8) is 0 Å². The predicted molar refractivity (Wildman–Crippen MR) is 86.1 cm³/mol. The molecule has 0 aromatic carbocycles. The van der Waals surface area contributed by atoms with Crippen molar-refractivity contribution in [3.05, 3.63) is 0 Å². The van der Waals surface area contributed by atoms with Gasteiger partial charge < -0.3 is 16.0 Å². The van der Waals surface area contributed by atoms with Crippen LogP contribution in [0.15, 0.2) is 0 Å². The zero-order valence-electron chi connectivity index (χ0n) is 13.7. The fourth-order valence-corrected chi connectivity index (χ4v) is 3.61. The number of hydrogen-bond acceptors (Lipinski definition) is 4. The minimum absolute atomic E-state index is 0.209. The van der Waals surface area contributed by atoms with Gasteiger partial charge in [0.25, 0.3) is 0 Å². The standard InChI is InChI=1S/C16H32N4O/c1-13(2)20-8-3-4-14(7-11-20)18-15-5-9-19(10-6-15)12-16(17)21/h13-15,18H,3-12H2,1-2H3,(H2,17,21). The molecular weight excluding hydrogens is 264 g/mol. The molecule has 1 atom stereocenters. The number of nitrogens with zero attached hydrogens (tertiary/aromatic N) is 2. The maximum Gasteiger partial charge on any atom is 0.231 e. The molecule has 0 aromatic heterocycles. The van der Waals surface area contributed by atoms with Crippen LogP contribution in [0.25, 0.3) is 0 Å². The number of piperidine rings is 1. The Morgan fingerprint density at radius 3 is 2.33 bits per heavy atom. The molecule has 2 aliphatic rings. The van der Waals surface area contributed by atoms with Crippen molar-refractivity contribution in [1.29, 1.82) is 0 Å². The third kappa shape index (κ3) is 5.57. The van der Waals surface area contributed by atoms with Crippen LogP contribution in [0.2, 0.25) is 0 Å². The van der Waals surface area contributed by atoms with E-state index in [1.807, 2.05) is 0 Å². The van der Waals surface area contributed by atoms with Gasteiger partial charge in [-0.15, -0.1) is 0 Å². The van der Waals surface area contributed by atoms with Crippen LogP contribution in [0.5, 0.6) is 0 Å². The van der Waals surface area contributed by atoms with Gasteiger partial charge in [-0.3, -0.25) is 9.69 Å². The van der Waals surface area contributed by atoms with Gasteiger partial charge in [0, 0.05) is 31.2 Å². The highest BCUT2D eigenvalue weighted by atomic mass is 16.1. The quantitative estimate of drug-likeness (QED) is 0.787. The number of amides is 1. The van der Waals surface area contributed by atoms with E-state index in [0.29, 0.717) is 24.7 Å². The number of nitrogens with two attached hydrogens (primary N) is 1. The van der Waals surface area contributed by atoms with E-state index in [4.69, 9.17) is 5.73 Å². The largest absolute Gasteiger partial charge is 0.369 e. The van der Waals surface area contributed by atoms with Gasteiger partial charge in [0.15, 0.2) is 0 Å². The Balaban J connectivity index is 1.70. The van der Waals surface area contributed by atoms with Gasteiger partial charge in [-0.2, -0.15) is 0 Å². The number of likely N-dealkylation sites (tertiary alicyclic amines) is 2. The lowest BCUT2D eigenvalue weighted by atomic mass is 10.0. The fraction of sp³-hybridized carbons (Fsp3) is 0.938. The molecule has 0 radical (unpaired) electrons. The van der Waals surface area contributed by atoms with E-state index in [9.17, 15) is 4.79 Å². The Bertz CT molecular complexity index is 326. The minimum Gasteiger partial charge on any atom is -0.369 e. The van der Waals surface area contributed by atoms with Crippen LogP contribution in [0.3, 0.4) is 0 Å². The van der Waals surface area contributed by atoms with Crippen LogP contribution in [0.4, 0.5) is 0 Å². The summed E-state index contributed by atoms with van der Waals surface area (Å²) in [7, 11) is 0. The third-order valence-corrected chi connectivity index (χ3v) is 4.93. The molecule has 122 valence electrons. The second kappa shape index (κ2) is 8.11. The summed E-state index contributed by atoms with van der Waals surface area (Å²) in [6.45, 7) is 9.45. The number of nitrogens with one attached hydrogen (secondary N) is 1. The normalized spacial score (nSPS) is 26.9. The van der Waals surface area contributed by atoms with Crippen molar-refractivity contribution >= 4 is 5.91 Å². The number of primary amides is 1. The summed E-state index contributed by atoms with van der Waals surface area (Å²) in [5.41, 5.74) is 5.26. The molecule has 0 spiro atoms. The molecule has 0 bridgehead atoms. The molecule has 21 heavy (non-hydrogen) atoms. The maximum atomic E-state index is 11.0. The number of hydrogen-bond donors (Lipinski definition) is 2. The van der Waals surface area contributed by atoms with Gasteiger partial charge in [-0.05, 0) is 59.0 Å². The lowest BCUT2D eigenvalue weighted by molar-refractivity contribution is -0.119. The molecule has 0 saturated carbocycles. The first kappa shape index (κ1) is 16.7. The summed E-state index contributed by atoms with van der Waals surface area (Å²) in [5.74, 6) is -0.209. The molecular formula is C16H32N4O. The summed E-state index contributed by atoms with van der Waals surface area (Å²) >= 11 is 0. The molecule has 2 fully saturated rings. The number of carbonyl (C=O) groups is 1. The van der Waals surface area contributed by atoms with Crippen molar-refractivity contribution in [2.45, 2.75) is 64.1 Å². The van der Waals surface area contributed by atoms with Crippen LogP contribution >= 0.6 is 0 Å². The monoisotopic (exact) mass is 296 g/mol. The number of rotatable bonds is 5. The van der Waals surface area contributed by atoms with Gasteiger partial charge in [-0.25, -0.2) is 0 Å². The molecule has 1 unspecified atom stereocenters. The van der Waals surface area contributed by atoms with Crippen LogP contribution in [0, 0.1) is 0 Å². The topological polar surface area (TPSA) is 61.6 Å². The fourth-order valence-electron chi connectivity index (χ4n) is 3.61. The summed E-state index contributed by atoms with van der Waals surface area (Å²) in [6.07, 6.45) is 6.14. The SMILES string of the molecule is CC(C)N1CCCC(NC2CCN(CC(N)=O)CC2)CC1. The zero-order valence-corrected chi connectivity index (χ0v) is 13.7. The molecule has 5 nitrogen and oxygen atoms in total. The van der Waals surface area contributed by atoms with Gasteiger partial charge in [-0.1, -0.05) is 0 Å². The second-order valence-electron chi connectivity index (χ2n) is 6.94. The minimum atomic E-state index is -0.209. The second-order valence-corrected chi connectivity index (χ2v) is 6.94. The highest BCUT2D eigenvalue weighted by Crippen LogP contribution is 2.17. The van der Waals surface area contributed by atoms with Gasteiger partial charge in [0.1, 0.15) is 0 Å². The molecule has 2 heterocycles. The lowest BCUT2D eigenvalue weighted by Gasteiger charge is -2.34. The van der Waals surface area contributed by atoms with Crippen molar-refractivity contribution in [2.75, 3.05) is 32.7 Å². The molecule has 0 aliphatic carbocycles. The highest BCUT2D eigenvalue weighted by molar-refractivity contribution is 5.75. The van der Waals surface area contributed by atoms with E-state index >= 15 is 0 Å². The van der Waals surface area contributed by atoms with Gasteiger partial charge in [0.2, 0.25) is 5.91 Å². The van der Waals surface area contributed by atoms with Crippen molar-refractivity contribution < 1.29 is 4.79 Å². The Hall–Kier alpha value is -0.650. The summed E-state index contributed by atoms with van der Waals surface area (Å²) < 4.78 is 0. The van der Waals surface area contributed by atoms with Crippen LogP contribution < -0.4 is 11.1 Å². The van der Waals surface area contributed by atoms with E-state index in [2.05, 4.69) is 29.0 Å². The first-order valence-corrected chi connectivity index (χ1v) is 8.55. The molecule has 5 heteroatoms. The summed E-state index contributed by atoms with van der Waals surface area (Å²) in [6, 6.07) is 1.95. The third-order valence-electron chi connectivity index (χ3n) is 4.93. The maximum absolute atomic E-state index is 11.0. The van der Waals surface area contributed by atoms with E-state index in [-0.39, 0.29) is 5.91 Å². The summed E-state index contributed by atoms with van der Waals surface area (Å²) in [4.78, 5) is 15.7. The Morgan fingerprint density at radius 1 is 1.10 bits per heavy atom. The van der Waals surface area contributed by atoms with Crippen molar-refractivity contribution in [2.24, 2.45) is 5.73 Å². The molecule has 0 aromatic rings. The van der Waals surface area contributed by atoms with E-state index in [1.165, 1.54) is 32.4 Å². The van der Waals surface area contributed by atoms with Gasteiger partial charge >= 0.3 is 0 Å². The highest BCUT2D eigenvalue weighted by Gasteiger charge is 2.24. The average molecular weight is 296 g/mol. The molecule has 2 rings (SSSR count). The zero-order chi connectivity index (χ0) is 15.2. The molecule has 1 amide bonds. The van der Waals surface area contributed by atoms with Crippen molar-refractivity contribution in [3.8, 4) is 0 Å². The van der Waals surface area contributed by atoms with E-state index in [0.717, 1.165) is 25.9 Å². The lowest BCUT2D eigenvalue weighted by Crippen LogP contribution is -2.48. The van der Waals surface area contributed by atoms with Crippen LogP contribution in [0.1, 0.15) is 46.0 Å². The van der Waals surface area contributed by atoms with E-state index in [1.54, 1.807) is 0 Å². The first-order chi connectivity index (χ1) is 10.0. The predicted octanol–water partition coefficient (Wildman–Crippen LogP) is 0.789. The Kier molecular flexibility index (Phi) is 6.45. The molecule has 3 N–H and O–H groups in total. The Labute approximate surface area is 129 Å². The summed E-state index contributed by atoms with van der Waals surface area (Å²) in [5, 5.41) is 3.86.